The summed E-state index contributed by atoms with van der Waals surface area (Å²) in [4.78, 5) is 11.8. The van der Waals surface area contributed by atoms with Gasteiger partial charge in [0.1, 0.15) is 0 Å². The van der Waals surface area contributed by atoms with Crippen LogP contribution in [0.5, 0.6) is 0 Å². The van der Waals surface area contributed by atoms with Crippen molar-refractivity contribution in [3.63, 3.8) is 0 Å². The van der Waals surface area contributed by atoms with Gasteiger partial charge in [0.15, 0.2) is 0 Å². The standard InChI is InChI=1S/C14H21NO3/c1-11(7-8-18-2)14(17)15-9-12-5-3-4-6-13(12)10-16/h3-6,11,16H,7-10H2,1-2H3,(H,15,17). The van der Waals surface area contributed by atoms with E-state index < -0.39 is 0 Å². The van der Waals surface area contributed by atoms with Gasteiger partial charge in [-0.3, -0.25) is 4.79 Å². The van der Waals surface area contributed by atoms with Crippen LogP contribution in [-0.2, 0) is 22.7 Å². The number of aliphatic hydroxyl groups excluding tert-OH is 1. The molecular weight excluding hydrogens is 230 g/mol. The molecule has 0 heterocycles. The zero-order valence-electron chi connectivity index (χ0n) is 11.0. The Balaban J connectivity index is 2.46. The van der Waals surface area contributed by atoms with Crippen LogP contribution < -0.4 is 5.32 Å². The van der Waals surface area contributed by atoms with Crippen molar-refractivity contribution >= 4 is 5.91 Å². The smallest absolute Gasteiger partial charge is 0.223 e. The van der Waals surface area contributed by atoms with Crippen LogP contribution in [0.2, 0.25) is 0 Å². The molecule has 0 saturated heterocycles. The Kier molecular flexibility index (Phi) is 6.39. The predicted molar refractivity (Wildman–Crippen MR) is 69.9 cm³/mol. The second-order valence-corrected chi connectivity index (χ2v) is 4.33. The number of carbonyl (C=O) groups excluding carboxylic acids is 1. The van der Waals surface area contributed by atoms with Gasteiger partial charge in [0.25, 0.3) is 0 Å². The van der Waals surface area contributed by atoms with Crippen molar-refractivity contribution in [1.82, 2.24) is 5.32 Å². The van der Waals surface area contributed by atoms with Crippen molar-refractivity contribution in [1.29, 1.82) is 0 Å². The van der Waals surface area contributed by atoms with Gasteiger partial charge in [0.2, 0.25) is 5.91 Å². The van der Waals surface area contributed by atoms with Crippen molar-refractivity contribution in [2.24, 2.45) is 5.92 Å². The Bertz CT molecular complexity index is 379. The van der Waals surface area contributed by atoms with Gasteiger partial charge < -0.3 is 15.2 Å². The van der Waals surface area contributed by atoms with E-state index in [4.69, 9.17) is 4.74 Å². The number of hydrogen-bond donors (Lipinski definition) is 2. The van der Waals surface area contributed by atoms with E-state index in [0.29, 0.717) is 19.6 Å². The van der Waals surface area contributed by atoms with E-state index >= 15 is 0 Å². The summed E-state index contributed by atoms with van der Waals surface area (Å²) in [6, 6.07) is 7.54. The monoisotopic (exact) mass is 251 g/mol. The fourth-order valence-electron chi connectivity index (χ4n) is 1.67. The number of benzene rings is 1. The normalized spacial score (nSPS) is 12.2. The Hall–Kier alpha value is -1.39. The highest BCUT2D eigenvalue weighted by molar-refractivity contribution is 5.78. The molecule has 0 aromatic heterocycles. The molecular formula is C14H21NO3. The maximum atomic E-state index is 11.8. The first-order valence-corrected chi connectivity index (χ1v) is 6.13. The molecule has 2 N–H and O–H groups in total. The molecule has 0 bridgehead atoms. The van der Waals surface area contributed by atoms with E-state index in [-0.39, 0.29) is 18.4 Å². The Morgan fingerprint density at radius 1 is 1.39 bits per heavy atom. The van der Waals surface area contributed by atoms with Crippen LogP contribution in [0.4, 0.5) is 0 Å². The van der Waals surface area contributed by atoms with Gasteiger partial charge in [0.05, 0.1) is 6.61 Å². The van der Waals surface area contributed by atoms with Crippen molar-refractivity contribution in [2.75, 3.05) is 13.7 Å². The average molecular weight is 251 g/mol. The lowest BCUT2D eigenvalue weighted by Crippen LogP contribution is -2.29. The first-order valence-electron chi connectivity index (χ1n) is 6.13. The minimum Gasteiger partial charge on any atom is -0.392 e. The second kappa shape index (κ2) is 7.84. The molecule has 1 unspecified atom stereocenters. The van der Waals surface area contributed by atoms with Crippen molar-refractivity contribution in [3.05, 3.63) is 35.4 Å². The molecule has 100 valence electrons. The third kappa shape index (κ3) is 4.47. The van der Waals surface area contributed by atoms with Gasteiger partial charge in [-0.25, -0.2) is 0 Å². The highest BCUT2D eigenvalue weighted by atomic mass is 16.5. The molecule has 4 heteroatoms. The van der Waals surface area contributed by atoms with E-state index in [9.17, 15) is 9.90 Å². The number of carbonyl (C=O) groups is 1. The van der Waals surface area contributed by atoms with Crippen molar-refractivity contribution in [2.45, 2.75) is 26.5 Å². The summed E-state index contributed by atoms with van der Waals surface area (Å²) in [5, 5.41) is 12.1. The first kappa shape index (κ1) is 14.7. The Labute approximate surface area is 108 Å². The molecule has 0 spiro atoms. The van der Waals surface area contributed by atoms with Crippen LogP contribution in [0, 0.1) is 5.92 Å². The Morgan fingerprint density at radius 3 is 2.67 bits per heavy atom. The summed E-state index contributed by atoms with van der Waals surface area (Å²) in [5.74, 6) is -0.0500. The first-order chi connectivity index (χ1) is 8.69. The molecule has 1 atom stereocenters. The van der Waals surface area contributed by atoms with Gasteiger partial charge in [-0.15, -0.1) is 0 Å². The second-order valence-electron chi connectivity index (χ2n) is 4.33. The molecule has 4 nitrogen and oxygen atoms in total. The largest absolute Gasteiger partial charge is 0.392 e. The average Bonchev–Trinajstić information content (AvgIpc) is 2.42. The third-order valence-corrected chi connectivity index (χ3v) is 2.94. The lowest BCUT2D eigenvalue weighted by atomic mass is 10.1. The number of rotatable bonds is 7. The van der Waals surface area contributed by atoms with Crippen LogP contribution >= 0.6 is 0 Å². The molecule has 0 aliphatic carbocycles. The molecule has 0 aliphatic rings. The van der Waals surface area contributed by atoms with Crippen LogP contribution in [0.15, 0.2) is 24.3 Å². The van der Waals surface area contributed by atoms with Crippen molar-refractivity contribution in [3.8, 4) is 0 Å². The molecule has 0 fully saturated rings. The van der Waals surface area contributed by atoms with E-state index in [2.05, 4.69) is 5.32 Å². The zero-order valence-corrected chi connectivity index (χ0v) is 11.0. The summed E-state index contributed by atoms with van der Waals surface area (Å²) in [7, 11) is 1.63. The topological polar surface area (TPSA) is 58.6 Å². The number of aliphatic hydroxyl groups is 1. The van der Waals surface area contributed by atoms with E-state index in [1.807, 2.05) is 31.2 Å². The number of ether oxygens (including phenoxy) is 1. The fourth-order valence-corrected chi connectivity index (χ4v) is 1.67. The number of amides is 1. The van der Waals surface area contributed by atoms with E-state index in [1.54, 1.807) is 7.11 Å². The Morgan fingerprint density at radius 2 is 2.06 bits per heavy atom. The highest BCUT2D eigenvalue weighted by Gasteiger charge is 2.12. The molecule has 0 saturated carbocycles. The molecule has 1 aromatic rings. The lowest BCUT2D eigenvalue weighted by Gasteiger charge is -2.13. The van der Waals surface area contributed by atoms with Gasteiger partial charge in [-0.05, 0) is 17.5 Å². The quantitative estimate of drug-likeness (QED) is 0.771. The highest BCUT2D eigenvalue weighted by Crippen LogP contribution is 2.09. The SMILES string of the molecule is COCCC(C)C(=O)NCc1ccccc1CO. The van der Waals surface area contributed by atoms with Crippen LogP contribution in [0.1, 0.15) is 24.5 Å². The molecule has 1 amide bonds. The number of nitrogens with one attached hydrogen (secondary N) is 1. The molecule has 0 radical (unpaired) electrons. The third-order valence-electron chi connectivity index (χ3n) is 2.94. The summed E-state index contributed by atoms with van der Waals surface area (Å²) < 4.78 is 4.95. The fraction of sp³-hybridized carbons (Fsp3) is 0.500. The van der Waals surface area contributed by atoms with Gasteiger partial charge >= 0.3 is 0 Å². The number of hydrogen-bond acceptors (Lipinski definition) is 3. The minimum absolute atomic E-state index is 0.00866. The summed E-state index contributed by atoms with van der Waals surface area (Å²) in [5.41, 5.74) is 1.80. The van der Waals surface area contributed by atoms with Crippen LogP contribution in [0.25, 0.3) is 0 Å². The zero-order chi connectivity index (χ0) is 13.4. The van der Waals surface area contributed by atoms with Crippen LogP contribution in [0.3, 0.4) is 0 Å². The maximum Gasteiger partial charge on any atom is 0.223 e. The number of methoxy groups -OCH3 is 1. The molecule has 0 aliphatic heterocycles. The summed E-state index contributed by atoms with van der Waals surface area (Å²) >= 11 is 0. The maximum absolute atomic E-state index is 11.8. The molecule has 1 aromatic carbocycles. The van der Waals surface area contributed by atoms with Crippen LogP contribution in [-0.4, -0.2) is 24.7 Å². The minimum atomic E-state index is -0.0637. The van der Waals surface area contributed by atoms with Gasteiger partial charge in [0, 0.05) is 26.2 Å². The molecule has 18 heavy (non-hydrogen) atoms. The summed E-state index contributed by atoms with van der Waals surface area (Å²) in [6.07, 6.45) is 0.712. The van der Waals surface area contributed by atoms with Crippen molar-refractivity contribution < 1.29 is 14.6 Å². The molecule has 1 rings (SSSR count). The lowest BCUT2D eigenvalue weighted by molar-refractivity contribution is -0.125. The van der Waals surface area contributed by atoms with E-state index in [1.165, 1.54) is 0 Å². The van der Waals surface area contributed by atoms with Gasteiger partial charge in [-0.1, -0.05) is 31.2 Å². The van der Waals surface area contributed by atoms with Gasteiger partial charge in [-0.2, -0.15) is 0 Å². The summed E-state index contributed by atoms with van der Waals surface area (Å²) in [6.45, 7) is 2.91. The van der Waals surface area contributed by atoms with E-state index in [0.717, 1.165) is 11.1 Å². The predicted octanol–water partition coefficient (Wildman–Crippen LogP) is 1.47.